The van der Waals surface area contributed by atoms with Gasteiger partial charge in [-0.1, -0.05) is 11.6 Å². The maximum atomic E-state index is 12.8. The third-order valence-corrected chi connectivity index (χ3v) is 2.49. The summed E-state index contributed by atoms with van der Waals surface area (Å²) >= 11 is 5.91. The maximum absolute atomic E-state index is 12.8. The highest BCUT2D eigenvalue weighted by molar-refractivity contribution is 6.29. The van der Waals surface area contributed by atoms with Gasteiger partial charge in [-0.3, -0.25) is 0 Å². The molecule has 1 aromatic carbocycles. The zero-order chi connectivity index (χ0) is 13.7. The molecule has 0 spiro atoms. The summed E-state index contributed by atoms with van der Waals surface area (Å²) < 4.78 is 18.0. The molecule has 0 saturated heterocycles. The van der Waals surface area contributed by atoms with Crippen LogP contribution in [-0.2, 0) is 11.3 Å². The minimum absolute atomic E-state index is 0.289. The first kappa shape index (κ1) is 13.7. The standard InChI is InChI=1S/C13H13ClFN3O/c1-2-19-8-13-17-11(14)7-12(18-13)16-10-5-3-9(15)4-6-10/h3-7H,2,8H2,1H3,(H,16,17,18). The number of hydrogen-bond acceptors (Lipinski definition) is 4. The molecular formula is C13H13ClFN3O. The first-order valence-corrected chi connectivity index (χ1v) is 6.19. The topological polar surface area (TPSA) is 47.0 Å². The van der Waals surface area contributed by atoms with Gasteiger partial charge < -0.3 is 10.1 Å². The minimum atomic E-state index is -0.289. The number of benzene rings is 1. The second-order valence-electron chi connectivity index (χ2n) is 3.76. The molecule has 1 N–H and O–H groups in total. The summed E-state index contributed by atoms with van der Waals surface area (Å²) in [6.07, 6.45) is 0. The van der Waals surface area contributed by atoms with Crippen molar-refractivity contribution < 1.29 is 9.13 Å². The molecule has 19 heavy (non-hydrogen) atoms. The van der Waals surface area contributed by atoms with E-state index in [9.17, 15) is 4.39 Å². The zero-order valence-electron chi connectivity index (χ0n) is 10.4. The molecule has 1 aromatic heterocycles. The van der Waals surface area contributed by atoms with Crippen LogP contribution in [0.5, 0.6) is 0 Å². The number of ether oxygens (including phenoxy) is 1. The maximum Gasteiger partial charge on any atom is 0.158 e. The second-order valence-corrected chi connectivity index (χ2v) is 4.15. The third-order valence-electron chi connectivity index (χ3n) is 2.29. The predicted molar refractivity (Wildman–Crippen MR) is 72.1 cm³/mol. The third kappa shape index (κ3) is 4.15. The number of nitrogens with zero attached hydrogens (tertiary/aromatic N) is 2. The van der Waals surface area contributed by atoms with Crippen LogP contribution in [0.3, 0.4) is 0 Å². The highest BCUT2D eigenvalue weighted by Crippen LogP contribution is 2.18. The Labute approximate surface area is 115 Å². The summed E-state index contributed by atoms with van der Waals surface area (Å²) in [6, 6.07) is 7.57. The van der Waals surface area contributed by atoms with Crippen LogP contribution in [0.15, 0.2) is 30.3 Å². The van der Waals surface area contributed by atoms with E-state index >= 15 is 0 Å². The summed E-state index contributed by atoms with van der Waals surface area (Å²) in [5, 5.41) is 3.36. The van der Waals surface area contributed by atoms with E-state index in [1.54, 1.807) is 18.2 Å². The molecule has 4 nitrogen and oxygen atoms in total. The van der Waals surface area contributed by atoms with E-state index in [0.29, 0.717) is 30.0 Å². The van der Waals surface area contributed by atoms with Gasteiger partial charge in [0, 0.05) is 18.4 Å². The van der Waals surface area contributed by atoms with Crippen LogP contribution in [0.25, 0.3) is 0 Å². The minimum Gasteiger partial charge on any atom is -0.374 e. The Bertz CT molecular complexity index is 548. The summed E-state index contributed by atoms with van der Waals surface area (Å²) in [7, 11) is 0. The molecule has 2 rings (SSSR count). The molecule has 0 atom stereocenters. The SMILES string of the molecule is CCOCc1nc(Cl)cc(Nc2ccc(F)cc2)n1. The highest BCUT2D eigenvalue weighted by atomic mass is 35.5. The van der Waals surface area contributed by atoms with Crippen molar-refractivity contribution in [2.45, 2.75) is 13.5 Å². The molecule has 0 radical (unpaired) electrons. The number of rotatable bonds is 5. The lowest BCUT2D eigenvalue weighted by Crippen LogP contribution is -2.02. The van der Waals surface area contributed by atoms with Crippen molar-refractivity contribution >= 4 is 23.1 Å². The molecule has 0 aliphatic heterocycles. The van der Waals surface area contributed by atoms with Gasteiger partial charge in [0.05, 0.1) is 0 Å². The molecule has 6 heteroatoms. The normalized spacial score (nSPS) is 10.5. The van der Waals surface area contributed by atoms with Crippen molar-refractivity contribution in [3.8, 4) is 0 Å². The van der Waals surface area contributed by atoms with Crippen molar-refractivity contribution in [2.24, 2.45) is 0 Å². The lowest BCUT2D eigenvalue weighted by atomic mass is 10.3. The monoisotopic (exact) mass is 281 g/mol. The number of aromatic nitrogens is 2. The van der Waals surface area contributed by atoms with Crippen molar-refractivity contribution in [3.63, 3.8) is 0 Å². The Morgan fingerprint density at radius 2 is 2.00 bits per heavy atom. The predicted octanol–water partition coefficient (Wildman–Crippen LogP) is 3.55. The van der Waals surface area contributed by atoms with Gasteiger partial charge >= 0.3 is 0 Å². The average molecular weight is 282 g/mol. The van der Waals surface area contributed by atoms with Gasteiger partial charge in [-0.05, 0) is 31.2 Å². The molecule has 0 saturated carbocycles. The molecule has 100 valence electrons. The largest absolute Gasteiger partial charge is 0.374 e. The van der Waals surface area contributed by atoms with E-state index in [-0.39, 0.29) is 5.82 Å². The van der Waals surface area contributed by atoms with E-state index in [1.165, 1.54) is 12.1 Å². The number of nitrogens with one attached hydrogen (secondary N) is 1. The van der Waals surface area contributed by atoms with Crippen LogP contribution >= 0.6 is 11.6 Å². The molecule has 0 aliphatic rings. The van der Waals surface area contributed by atoms with Gasteiger partial charge in [-0.2, -0.15) is 0 Å². The Morgan fingerprint density at radius 1 is 1.26 bits per heavy atom. The lowest BCUT2D eigenvalue weighted by Gasteiger charge is -2.08. The Kier molecular flexibility index (Phi) is 4.65. The summed E-state index contributed by atoms with van der Waals surface area (Å²) in [6.45, 7) is 2.77. The zero-order valence-corrected chi connectivity index (χ0v) is 11.1. The highest BCUT2D eigenvalue weighted by Gasteiger charge is 2.04. The van der Waals surface area contributed by atoms with E-state index in [2.05, 4.69) is 15.3 Å². The summed E-state index contributed by atoms with van der Waals surface area (Å²) in [4.78, 5) is 8.32. The fraction of sp³-hybridized carbons (Fsp3) is 0.231. The Balaban J connectivity index is 2.15. The van der Waals surface area contributed by atoms with E-state index in [4.69, 9.17) is 16.3 Å². The van der Waals surface area contributed by atoms with E-state index in [0.717, 1.165) is 5.69 Å². The van der Waals surface area contributed by atoms with Crippen molar-refractivity contribution in [3.05, 3.63) is 47.1 Å². The van der Waals surface area contributed by atoms with Crippen LogP contribution in [-0.4, -0.2) is 16.6 Å². The van der Waals surface area contributed by atoms with Crippen LogP contribution in [0.1, 0.15) is 12.7 Å². The van der Waals surface area contributed by atoms with Crippen molar-refractivity contribution in [1.29, 1.82) is 0 Å². The second kappa shape index (κ2) is 6.45. The van der Waals surface area contributed by atoms with Crippen LogP contribution in [0.4, 0.5) is 15.9 Å². The van der Waals surface area contributed by atoms with Gasteiger partial charge in [0.1, 0.15) is 23.4 Å². The first-order chi connectivity index (χ1) is 9.17. The molecular weight excluding hydrogens is 269 g/mol. The lowest BCUT2D eigenvalue weighted by molar-refractivity contribution is 0.128. The average Bonchev–Trinajstić information content (AvgIpc) is 2.38. The van der Waals surface area contributed by atoms with Gasteiger partial charge in [0.2, 0.25) is 0 Å². The van der Waals surface area contributed by atoms with Gasteiger partial charge in [0.15, 0.2) is 5.82 Å². The van der Waals surface area contributed by atoms with Gasteiger partial charge in [-0.15, -0.1) is 0 Å². The number of halogens is 2. The molecule has 2 aromatic rings. The van der Waals surface area contributed by atoms with E-state index < -0.39 is 0 Å². The fourth-order valence-electron chi connectivity index (χ4n) is 1.47. The molecule has 0 unspecified atom stereocenters. The fourth-order valence-corrected chi connectivity index (χ4v) is 1.67. The smallest absolute Gasteiger partial charge is 0.158 e. The molecule has 0 aliphatic carbocycles. The first-order valence-electron chi connectivity index (χ1n) is 5.81. The van der Waals surface area contributed by atoms with Crippen LogP contribution < -0.4 is 5.32 Å². The molecule has 1 heterocycles. The Hall–Kier alpha value is -1.72. The summed E-state index contributed by atoms with van der Waals surface area (Å²) in [5.74, 6) is 0.753. The molecule has 0 bridgehead atoms. The van der Waals surface area contributed by atoms with Crippen LogP contribution in [0.2, 0.25) is 5.15 Å². The molecule has 0 fully saturated rings. The van der Waals surface area contributed by atoms with Crippen molar-refractivity contribution in [1.82, 2.24) is 9.97 Å². The van der Waals surface area contributed by atoms with Gasteiger partial charge in [0.25, 0.3) is 0 Å². The van der Waals surface area contributed by atoms with Crippen LogP contribution in [0, 0.1) is 5.82 Å². The Morgan fingerprint density at radius 3 is 2.68 bits per heavy atom. The van der Waals surface area contributed by atoms with E-state index in [1.807, 2.05) is 6.92 Å². The van der Waals surface area contributed by atoms with Crippen molar-refractivity contribution in [2.75, 3.05) is 11.9 Å². The number of anilines is 2. The van der Waals surface area contributed by atoms with Gasteiger partial charge in [-0.25, -0.2) is 14.4 Å². The summed E-state index contributed by atoms with van der Waals surface area (Å²) in [5.41, 5.74) is 0.721. The molecule has 0 amide bonds. The quantitative estimate of drug-likeness (QED) is 0.852. The number of hydrogen-bond donors (Lipinski definition) is 1.